The van der Waals surface area contributed by atoms with E-state index < -0.39 is 17.6 Å². The molecule has 0 aliphatic heterocycles. The number of methoxy groups -OCH3 is 1. The van der Waals surface area contributed by atoms with Crippen LogP contribution in [-0.4, -0.2) is 48.7 Å². The van der Waals surface area contributed by atoms with Crippen molar-refractivity contribution in [2.75, 3.05) is 32.1 Å². The van der Waals surface area contributed by atoms with Crippen molar-refractivity contribution in [3.63, 3.8) is 0 Å². The van der Waals surface area contributed by atoms with E-state index in [9.17, 15) is 14.0 Å². The fourth-order valence-corrected chi connectivity index (χ4v) is 2.24. The average Bonchev–Trinajstić information content (AvgIpc) is 2.98. The molecule has 1 aromatic carbocycles. The van der Waals surface area contributed by atoms with Gasteiger partial charge in [-0.3, -0.25) is 9.59 Å². The highest BCUT2D eigenvalue weighted by Crippen LogP contribution is 2.10. The molecule has 0 radical (unpaired) electrons. The predicted octanol–water partition coefficient (Wildman–Crippen LogP) is 2.24. The van der Waals surface area contributed by atoms with E-state index in [4.69, 9.17) is 9.26 Å². The van der Waals surface area contributed by atoms with Crippen LogP contribution in [0.25, 0.3) is 0 Å². The summed E-state index contributed by atoms with van der Waals surface area (Å²) >= 11 is 0. The van der Waals surface area contributed by atoms with Gasteiger partial charge in [-0.1, -0.05) is 11.2 Å². The molecule has 0 saturated heterocycles. The number of nitrogens with zero attached hydrogens (tertiary/aromatic N) is 2. The molecule has 2 rings (SSSR count). The van der Waals surface area contributed by atoms with Crippen LogP contribution in [0.5, 0.6) is 0 Å². The Hall–Kier alpha value is -2.74. The van der Waals surface area contributed by atoms with Crippen LogP contribution >= 0.6 is 0 Å². The van der Waals surface area contributed by atoms with Crippen molar-refractivity contribution in [2.24, 2.45) is 0 Å². The Morgan fingerprint density at radius 2 is 2.16 bits per heavy atom. The molecule has 2 aromatic rings. The molecule has 25 heavy (non-hydrogen) atoms. The lowest BCUT2D eigenvalue weighted by Gasteiger charge is -2.22. The largest absolute Gasteiger partial charge is 0.385 e. The summed E-state index contributed by atoms with van der Waals surface area (Å²) in [4.78, 5) is 26.1. The van der Waals surface area contributed by atoms with Crippen molar-refractivity contribution in [3.8, 4) is 0 Å². The number of aromatic nitrogens is 1. The van der Waals surface area contributed by atoms with Crippen LogP contribution in [0, 0.1) is 12.7 Å². The number of hydrogen-bond acceptors (Lipinski definition) is 5. The van der Waals surface area contributed by atoms with E-state index in [0.717, 1.165) is 6.07 Å². The van der Waals surface area contributed by atoms with E-state index in [-0.39, 0.29) is 17.9 Å². The highest BCUT2D eigenvalue weighted by Gasteiger charge is 2.19. The number of rotatable bonds is 8. The standard InChI is InChI=1S/C17H20FN3O4/c1-12-9-15(20-25-12)19-16(22)11-21(7-4-8-24-2)17(23)13-5-3-6-14(18)10-13/h3,5-6,9-10H,4,7-8,11H2,1-2H3,(H,19,20,22). The molecular weight excluding hydrogens is 329 g/mol. The molecule has 1 aromatic heterocycles. The second-order valence-electron chi connectivity index (χ2n) is 5.45. The van der Waals surface area contributed by atoms with E-state index >= 15 is 0 Å². The van der Waals surface area contributed by atoms with Gasteiger partial charge >= 0.3 is 0 Å². The number of anilines is 1. The van der Waals surface area contributed by atoms with Crippen LogP contribution in [0.3, 0.4) is 0 Å². The maximum atomic E-state index is 13.4. The Bertz CT molecular complexity index is 732. The van der Waals surface area contributed by atoms with E-state index in [1.165, 1.54) is 23.1 Å². The molecule has 2 amide bonds. The first kappa shape index (κ1) is 18.6. The van der Waals surface area contributed by atoms with Crippen molar-refractivity contribution >= 4 is 17.6 Å². The number of halogens is 1. The summed E-state index contributed by atoms with van der Waals surface area (Å²) in [5.74, 6) is -0.525. The zero-order valence-corrected chi connectivity index (χ0v) is 14.1. The third-order valence-electron chi connectivity index (χ3n) is 3.37. The molecular formula is C17H20FN3O4. The molecule has 1 N–H and O–H groups in total. The molecule has 7 nitrogen and oxygen atoms in total. The molecule has 0 aliphatic rings. The molecule has 0 atom stereocenters. The van der Waals surface area contributed by atoms with Gasteiger partial charge in [0.25, 0.3) is 5.91 Å². The second kappa shape index (κ2) is 8.93. The lowest BCUT2D eigenvalue weighted by atomic mass is 10.2. The Morgan fingerprint density at radius 3 is 2.80 bits per heavy atom. The average molecular weight is 349 g/mol. The molecule has 0 aliphatic carbocycles. The molecule has 1 heterocycles. The highest BCUT2D eigenvalue weighted by molar-refractivity contribution is 5.99. The normalized spacial score (nSPS) is 10.5. The number of amides is 2. The van der Waals surface area contributed by atoms with Crippen molar-refractivity contribution < 1.29 is 23.2 Å². The number of aryl methyl sites for hydroxylation is 1. The van der Waals surface area contributed by atoms with E-state index in [2.05, 4.69) is 10.5 Å². The summed E-state index contributed by atoms with van der Waals surface area (Å²) < 4.78 is 23.2. The van der Waals surface area contributed by atoms with Gasteiger partial charge < -0.3 is 19.5 Å². The first-order valence-electron chi connectivity index (χ1n) is 7.76. The van der Waals surface area contributed by atoms with Crippen LogP contribution in [0.15, 0.2) is 34.9 Å². The Morgan fingerprint density at radius 1 is 1.36 bits per heavy atom. The van der Waals surface area contributed by atoms with Crippen molar-refractivity contribution in [1.29, 1.82) is 0 Å². The van der Waals surface area contributed by atoms with Gasteiger partial charge in [0.05, 0.1) is 0 Å². The van der Waals surface area contributed by atoms with E-state index in [0.29, 0.717) is 25.3 Å². The maximum absolute atomic E-state index is 13.4. The third-order valence-corrected chi connectivity index (χ3v) is 3.37. The molecule has 0 saturated carbocycles. The SMILES string of the molecule is COCCCN(CC(=O)Nc1cc(C)on1)C(=O)c1cccc(F)c1. The molecule has 8 heteroatoms. The summed E-state index contributed by atoms with van der Waals surface area (Å²) in [5.41, 5.74) is 0.183. The minimum atomic E-state index is -0.509. The van der Waals surface area contributed by atoms with Gasteiger partial charge in [0.1, 0.15) is 18.1 Å². The van der Waals surface area contributed by atoms with Gasteiger partial charge in [-0.25, -0.2) is 4.39 Å². The summed E-state index contributed by atoms with van der Waals surface area (Å²) in [6.07, 6.45) is 0.550. The topological polar surface area (TPSA) is 84.7 Å². The van der Waals surface area contributed by atoms with Gasteiger partial charge in [-0.15, -0.1) is 0 Å². The number of carbonyl (C=O) groups excluding carboxylic acids is 2. The molecule has 0 unspecified atom stereocenters. The predicted molar refractivity (Wildman–Crippen MR) is 88.7 cm³/mol. The summed E-state index contributed by atoms with van der Waals surface area (Å²) in [6, 6.07) is 6.93. The zero-order chi connectivity index (χ0) is 18.2. The van der Waals surface area contributed by atoms with Crippen molar-refractivity contribution in [2.45, 2.75) is 13.3 Å². The van der Waals surface area contributed by atoms with E-state index in [1.807, 2.05) is 0 Å². The van der Waals surface area contributed by atoms with Crippen LogP contribution in [0.4, 0.5) is 10.2 Å². The lowest BCUT2D eigenvalue weighted by Crippen LogP contribution is -2.39. The third kappa shape index (κ3) is 5.68. The van der Waals surface area contributed by atoms with E-state index in [1.54, 1.807) is 20.1 Å². The van der Waals surface area contributed by atoms with Gasteiger partial charge in [-0.2, -0.15) is 0 Å². The Balaban J connectivity index is 2.06. The fourth-order valence-electron chi connectivity index (χ4n) is 2.24. The highest BCUT2D eigenvalue weighted by atomic mass is 19.1. The van der Waals surface area contributed by atoms with Gasteiger partial charge in [0.2, 0.25) is 5.91 Å². The smallest absolute Gasteiger partial charge is 0.254 e. The van der Waals surface area contributed by atoms with Gasteiger partial charge in [0.15, 0.2) is 5.82 Å². The summed E-state index contributed by atoms with van der Waals surface area (Å²) in [7, 11) is 1.55. The number of nitrogens with one attached hydrogen (secondary N) is 1. The Kier molecular flexibility index (Phi) is 6.64. The quantitative estimate of drug-likeness (QED) is 0.739. The molecule has 0 fully saturated rings. The zero-order valence-electron chi connectivity index (χ0n) is 14.1. The number of ether oxygens (including phenoxy) is 1. The first-order chi connectivity index (χ1) is 12.0. The number of carbonyl (C=O) groups is 2. The van der Waals surface area contributed by atoms with Gasteiger partial charge in [-0.05, 0) is 31.5 Å². The minimum Gasteiger partial charge on any atom is -0.385 e. The van der Waals surface area contributed by atoms with Crippen molar-refractivity contribution in [1.82, 2.24) is 10.1 Å². The molecule has 0 spiro atoms. The molecule has 0 bridgehead atoms. The minimum absolute atomic E-state index is 0.183. The summed E-state index contributed by atoms with van der Waals surface area (Å²) in [6.45, 7) is 2.25. The number of benzene rings is 1. The summed E-state index contributed by atoms with van der Waals surface area (Å²) in [5, 5.41) is 6.23. The Labute approximate surface area is 144 Å². The van der Waals surface area contributed by atoms with Crippen molar-refractivity contribution in [3.05, 3.63) is 47.5 Å². The van der Waals surface area contributed by atoms with Crippen LogP contribution < -0.4 is 5.32 Å². The number of hydrogen-bond donors (Lipinski definition) is 1. The lowest BCUT2D eigenvalue weighted by molar-refractivity contribution is -0.117. The maximum Gasteiger partial charge on any atom is 0.254 e. The molecule has 134 valence electrons. The second-order valence-corrected chi connectivity index (χ2v) is 5.45. The first-order valence-corrected chi connectivity index (χ1v) is 7.76. The van der Waals surface area contributed by atoms with Crippen LogP contribution in [0.1, 0.15) is 22.5 Å². The van der Waals surface area contributed by atoms with Crippen LogP contribution in [0.2, 0.25) is 0 Å². The fraction of sp³-hybridized carbons (Fsp3) is 0.353. The monoisotopic (exact) mass is 349 g/mol. The van der Waals surface area contributed by atoms with Gasteiger partial charge in [0, 0.05) is 31.9 Å². The van der Waals surface area contributed by atoms with Crippen LogP contribution in [-0.2, 0) is 9.53 Å².